The molecule has 0 aliphatic carbocycles. The van der Waals surface area contributed by atoms with Crippen LogP contribution in [0.15, 0.2) is 91.1 Å². The molecule has 5 rings (SSSR count). The molecule has 0 saturated carbocycles. The number of nitrogens with one attached hydrogen (secondary N) is 1. The van der Waals surface area contributed by atoms with Crippen LogP contribution in [0.2, 0.25) is 0 Å². The number of ether oxygens (including phenoxy) is 5. The summed E-state index contributed by atoms with van der Waals surface area (Å²) in [5.41, 5.74) is 2.81. The van der Waals surface area contributed by atoms with E-state index in [2.05, 4.69) is 16.4 Å². The number of pyridine rings is 1. The molecule has 0 saturated heterocycles. The number of aromatic hydroxyl groups is 1. The summed E-state index contributed by atoms with van der Waals surface area (Å²) in [6.45, 7) is 11.7. The SMILES string of the molecule is CC(=O)Nc1ccc(OC(=O)c2ccccc2O)cc1.CCOc1ccc(Cc2nccc3cc(OCC)c(OCC)cc23)cc1OCC.Cl. The van der Waals surface area contributed by atoms with Crippen molar-refractivity contribution in [1.29, 1.82) is 0 Å². The molecule has 5 aromatic rings. The molecule has 0 radical (unpaired) electrons. The summed E-state index contributed by atoms with van der Waals surface area (Å²) in [6.07, 6.45) is 2.52. The zero-order chi connectivity index (χ0) is 35.2. The van der Waals surface area contributed by atoms with Crippen molar-refractivity contribution in [3.63, 3.8) is 0 Å². The van der Waals surface area contributed by atoms with Gasteiger partial charge in [-0.3, -0.25) is 9.78 Å². The van der Waals surface area contributed by atoms with Gasteiger partial charge in [0.25, 0.3) is 0 Å². The van der Waals surface area contributed by atoms with Crippen LogP contribution >= 0.6 is 12.4 Å². The van der Waals surface area contributed by atoms with Gasteiger partial charge in [0.05, 0.1) is 32.1 Å². The van der Waals surface area contributed by atoms with Crippen molar-refractivity contribution in [2.45, 2.75) is 41.0 Å². The summed E-state index contributed by atoms with van der Waals surface area (Å²) < 4.78 is 28.1. The number of aromatic nitrogens is 1. The highest BCUT2D eigenvalue weighted by molar-refractivity contribution is 5.94. The normalized spacial score (nSPS) is 10.2. The first kappa shape index (κ1) is 39.0. The van der Waals surface area contributed by atoms with Crippen LogP contribution in [-0.4, -0.2) is 48.4 Å². The Kier molecular flexibility index (Phi) is 15.2. The molecule has 0 fully saturated rings. The van der Waals surface area contributed by atoms with Crippen LogP contribution in [0.3, 0.4) is 0 Å². The van der Waals surface area contributed by atoms with Gasteiger partial charge in [0.2, 0.25) is 5.91 Å². The third-order valence-corrected chi connectivity index (χ3v) is 7.00. The molecule has 0 aliphatic rings. The molecule has 264 valence electrons. The van der Waals surface area contributed by atoms with E-state index in [0.717, 1.165) is 45.0 Å². The van der Waals surface area contributed by atoms with Crippen molar-refractivity contribution in [2.75, 3.05) is 31.7 Å². The van der Waals surface area contributed by atoms with Crippen molar-refractivity contribution >= 4 is 40.7 Å². The van der Waals surface area contributed by atoms with E-state index in [0.29, 0.717) is 44.3 Å². The number of phenols is 1. The molecule has 2 N–H and O–H groups in total. The molecule has 0 aliphatic heterocycles. The van der Waals surface area contributed by atoms with Gasteiger partial charge < -0.3 is 34.1 Å². The van der Waals surface area contributed by atoms with Gasteiger partial charge in [0.15, 0.2) is 23.0 Å². The minimum atomic E-state index is -0.643. The monoisotopic (exact) mass is 702 g/mol. The molecule has 4 aromatic carbocycles. The highest BCUT2D eigenvalue weighted by Crippen LogP contribution is 2.35. The number of fused-ring (bicyclic) bond motifs is 1. The van der Waals surface area contributed by atoms with Gasteiger partial charge >= 0.3 is 5.97 Å². The summed E-state index contributed by atoms with van der Waals surface area (Å²) in [4.78, 5) is 27.4. The van der Waals surface area contributed by atoms with E-state index in [9.17, 15) is 14.7 Å². The zero-order valence-corrected chi connectivity index (χ0v) is 29.7. The molecular weight excluding hydrogens is 660 g/mol. The second-order valence-corrected chi connectivity index (χ2v) is 10.6. The number of hydrogen-bond donors (Lipinski definition) is 2. The van der Waals surface area contributed by atoms with Gasteiger partial charge in [-0.05, 0) is 105 Å². The molecule has 11 heteroatoms. The van der Waals surface area contributed by atoms with Gasteiger partial charge in [0.1, 0.15) is 17.1 Å². The van der Waals surface area contributed by atoms with Gasteiger partial charge in [-0.1, -0.05) is 18.2 Å². The lowest BCUT2D eigenvalue weighted by molar-refractivity contribution is -0.114. The first-order chi connectivity index (χ1) is 23.8. The van der Waals surface area contributed by atoms with Crippen LogP contribution in [0.25, 0.3) is 10.8 Å². The van der Waals surface area contributed by atoms with Crippen molar-refractivity contribution in [3.05, 3.63) is 108 Å². The van der Waals surface area contributed by atoms with E-state index in [-0.39, 0.29) is 29.6 Å². The molecule has 1 aromatic heterocycles. The molecule has 10 nitrogen and oxygen atoms in total. The molecule has 0 spiro atoms. The zero-order valence-electron chi connectivity index (χ0n) is 28.9. The first-order valence-corrected chi connectivity index (χ1v) is 16.2. The quantitative estimate of drug-likeness (QED) is 0.0919. The van der Waals surface area contributed by atoms with E-state index in [1.807, 2.05) is 64.2 Å². The second kappa shape index (κ2) is 19.5. The summed E-state index contributed by atoms with van der Waals surface area (Å²) in [6, 6.07) is 24.6. The highest BCUT2D eigenvalue weighted by Gasteiger charge is 2.14. The van der Waals surface area contributed by atoms with Crippen molar-refractivity contribution in [1.82, 2.24) is 4.98 Å². The number of rotatable bonds is 13. The fourth-order valence-electron chi connectivity index (χ4n) is 4.93. The number of esters is 1. The van der Waals surface area contributed by atoms with Gasteiger partial charge in [-0.25, -0.2) is 4.79 Å². The van der Waals surface area contributed by atoms with Crippen molar-refractivity contribution in [3.8, 4) is 34.5 Å². The first-order valence-electron chi connectivity index (χ1n) is 16.2. The number of benzene rings is 4. The van der Waals surface area contributed by atoms with E-state index >= 15 is 0 Å². The standard InChI is InChI=1S/C24H29NO4.C15H13NO4.ClH/c1-5-26-21-10-9-17(14-22(21)27-6-2)13-20-19-16-24(29-8-4)23(28-7-3)15-18(19)11-12-25-20;1-10(17)16-11-6-8-12(9-7-11)20-15(19)13-4-2-3-5-14(13)18;/h9-12,14-16H,5-8,13H2,1-4H3;2-9,18H,1H3,(H,16,17);1H. The fourth-order valence-corrected chi connectivity index (χ4v) is 4.93. The molecule has 0 bridgehead atoms. The summed E-state index contributed by atoms with van der Waals surface area (Å²) in [5, 5.41) is 14.3. The summed E-state index contributed by atoms with van der Waals surface area (Å²) in [7, 11) is 0. The average Bonchev–Trinajstić information content (AvgIpc) is 3.08. The van der Waals surface area contributed by atoms with Crippen LogP contribution in [0.5, 0.6) is 34.5 Å². The van der Waals surface area contributed by atoms with Crippen LogP contribution in [0.1, 0.15) is 56.2 Å². The van der Waals surface area contributed by atoms with Crippen molar-refractivity contribution in [2.24, 2.45) is 0 Å². The average molecular weight is 703 g/mol. The number of amides is 1. The maximum Gasteiger partial charge on any atom is 0.347 e. The Hall–Kier alpha value is -5.48. The predicted octanol–water partition coefficient (Wildman–Crippen LogP) is 8.41. The third-order valence-electron chi connectivity index (χ3n) is 7.00. The second-order valence-electron chi connectivity index (χ2n) is 10.6. The maximum absolute atomic E-state index is 11.8. The van der Waals surface area contributed by atoms with Gasteiger partial charge in [-0.15, -0.1) is 12.4 Å². The maximum atomic E-state index is 11.8. The summed E-state index contributed by atoms with van der Waals surface area (Å²) in [5.74, 6) is 2.42. The van der Waals surface area contributed by atoms with Crippen LogP contribution in [0, 0.1) is 0 Å². The Morgan fingerprint density at radius 1 is 0.720 bits per heavy atom. The predicted molar refractivity (Wildman–Crippen MR) is 197 cm³/mol. The Morgan fingerprint density at radius 3 is 1.94 bits per heavy atom. The van der Waals surface area contributed by atoms with Gasteiger partial charge in [0, 0.05) is 30.6 Å². The number of anilines is 1. The number of para-hydroxylation sites is 1. The molecular formula is C39H43ClN2O8. The van der Waals surface area contributed by atoms with E-state index in [1.165, 1.54) is 19.1 Å². The van der Waals surface area contributed by atoms with Gasteiger partial charge in [-0.2, -0.15) is 0 Å². The van der Waals surface area contributed by atoms with Crippen LogP contribution in [0.4, 0.5) is 5.69 Å². The molecule has 0 unspecified atom stereocenters. The topological polar surface area (TPSA) is 125 Å². The van der Waals surface area contributed by atoms with Crippen LogP contribution < -0.4 is 29.0 Å². The van der Waals surface area contributed by atoms with Crippen molar-refractivity contribution < 1.29 is 38.4 Å². The lowest BCUT2D eigenvalue weighted by Gasteiger charge is -2.15. The summed E-state index contributed by atoms with van der Waals surface area (Å²) >= 11 is 0. The number of carbonyl (C=O) groups excluding carboxylic acids is 2. The van der Waals surface area contributed by atoms with E-state index in [4.69, 9.17) is 23.7 Å². The number of halogens is 1. The fraction of sp³-hybridized carbons (Fsp3) is 0.256. The number of hydrogen-bond acceptors (Lipinski definition) is 9. The third kappa shape index (κ3) is 10.8. The molecule has 50 heavy (non-hydrogen) atoms. The lowest BCUT2D eigenvalue weighted by atomic mass is 10.0. The minimum Gasteiger partial charge on any atom is -0.507 e. The Bertz CT molecular complexity index is 1860. The molecule has 1 heterocycles. The highest BCUT2D eigenvalue weighted by atomic mass is 35.5. The smallest absolute Gasteiger partial charge is 0.347 e. The Balaban J connectivity index is 0.000000283. The largest absolute Gasteiger partial charge is 0.507 e. The number of phenolic OH excluding ortho intramolecular Hbond substituents is 1. The lowest BCUT2D eigenvalue weighted by Crippen LogP contribution is -2.09. The molecule has 0 atom stereocenters. The van der Waals surface area contributed by atoms with E-state index in [1.54, 1.807) is 36.4 Å². The Labute approximate surface area is 298 Å². The Morgan fingerprint density at radius 2 is 1.32 bits per heavy atom. The van der Waals surface area contributed by atoms with Crippen LogP contribution in [-0.2, 0) is 11.2 Å². The minimum absolute atomic E-state index is 0. The molecule has 1 amide bonds. The number of carbonyl (C=O) groups is 2. The van der Waals surface area contributed by atoms with E-state index < -0.39 is 5.97 Å². The number of nitrogens with zero attached hydrogens (tertiary/aromatic N) is 1.